The highest BCUT2D eigenvalue weighted by atomic mass is 32.2. The van der Waals surface area contributed by atoms with E-state index in [2.05, 4.69) is 10.2 Å². The third-order valence-corrected chi connectivity index (χ3v) is 7.32. The number of ketones is 1. The number of carbonyl (C=O) groups excluding carboxylic acids is 2. The predicted octanol–water partition coefficient (Wildman–Crippen LogP) is 5.35. The van der Waals surface area contributed by atoms with Gasteiger partial charge >= 0.3 is 0 Å². The molecule has 0 unspecified atom stereocenters. The van der Waals surface area contributed by atoms with Crippen LogP contribution in [0.1, 0.15) is 27.7 Å². The van der Waals surface area contributed by atoms with Gasteiger partial charge in [0.15, 0.2) is 15.9 Å². The first-order chi connectivity index (χ1) is 16.5. The zero-order valence-corrected chi connectivity index (χ0v) is 19.1. The average molecular weight is 494 g/mol. The average Bonchev–Trinajstić information content (AvgIpc) is 3.60. The number of nitrogens with zero attached hydrogens (tertiary/aromatic N) is 3. The van der Waals surface area contributed by atoms with E-state index in [1.54, 1.807) is 42.5 Å². The van der Waals surface area contributed by atoms with Gasteiger partial charge in [0.05, 0.1) is 17.9 Å². The number of rotatable bonds is 7. The van der Waals surface area contributed by atoms with E-state index in [0.717, 1.165) is 5.56 Å². The molecule has 0 radical (unpaired) electrons. The van der Waals surface area contributed by atoms with E-state index in [-0.39, 0.29) is 22.3 Å². The minimum Gasteiger partial charge on any atom is -0.503 e. The molecule has 0 saturated heterocycles. The van der Waals surface area contributed by atoms with Gasteiger partial charge in [-0.15, -0.1) is 10.2 Å². The Hall–Kier alpha value is -3.76. The molecule has 2 aromatic carbocycles. The number of thioether (sulfide) groups is 1. The number of aromatic nitrogens is 2. The standard InChI is InChI=1S/C24H16FN3O4S2/c25-16-10-8-14(9-11-16)13-33-24-27-26-23(34-24)28-19(15-5-2-1-3-6-15)18(21(30)22(28)31)20(29)17-7-4-12-32-17/h1-12,19,30H,13H2/t19-/m0/s1. The van der Waals surface area contributed by atoms with E-state index in [1.165, 1.54) is 52.5 Å². The van der Waals surface area contributed by atoms with Crippen LogP contribution in [0, 0.1) is 5.82 Å². The Morgan fingerprint density at radius 1 is 1.09 bits per heavy atom. The topological polar surface area (TPSA) is 96.5 Å². The molecule has 5 rings (SSSR count). The van der Waals surface area contributed by atoms with Crippen molar-refractivity contribution in [3.8, 4) is 0 Å². The summed E-state index contributed by atoms with van der Waals surface area (Å²) < 4.78 is 18.9. The molecule has 0 saturated carbocycles. The van der Waals surface area contributed by atoms with Crippen LogP contribution in [0.3, 0.4) is 0 Å². The van der Waals surface area contributed by atoms with E-state index in [1.807, 2.05) is 6.07 Å². The number of halogens is 1. The van der Waals surface area contributed by atoms with Gasteiger partial charge in [0.25, 0.3) is 5.91 Å². The second kappa shape index (κ2) is 9.24. The molecule has 2 aromatic heterocycles. The lowest BCUT2D eigenvalue weighted by molar-refractivity contribution is -0.117. The zero-order chi connectivity index (χ0) is 23.7. The molecular formula is C24H16FN3O4S2. The van der Waals surface area contributed by atoms with Gasteiger partial charge in [-0.1, -0.05) is 65.6 Å². The Morgan fingerprint density at radius 3 is 2.56 bits per heavy atom. The van der Waals surface area contributed by atoms with Gasteiger partial charge in [-0.05, 0) is 35.4 Å². The summed E-state index contributed by atoms with van der Waals surface area (Å²) in [5.41, 5.74) is 1.46. The number of amides is 1. The van der Waals surface area contributed by atoms with E-state index < -0.39 is 23.5 Å². The Kier molecular flexibility index (Phi) is 5.99. The summed E-state index contributed by atoms with van der Waals surface area (Å²) in [5.74, 6) is -1.72. The predicted molar refractivity (Wildman–Crippen MR) is 125 cm³/mol. The lowest BCUT2D eigenvalue weighted by atomic mass is 9.95. The van der Waals surface area contributed by atoms with Crippen molar-refractivity contribution in [2.45, 2.75) is 16.1 Å². The smallest absolute Gasteiger partial charge is 0.296 e. The van der Waals surface area contributed by atoms with Crippen LogP contribution in [0.4, 0.5) is 9.52 Å². The molecule has 170 valence electrons. The molecule has 7 nitrogen and oxygen atoms in total. The fraction of sp³-hybridized carbons (Fsp3) is 0.0833. The minimum atomic E-state index is -0.894. The van der Waals surface area contributed by atoms with Crippen LogP contribution < -0.4 is 4.90 Å². The molecule has 1 aliphatic heterocycles. The fourth-order valence-electron chi connectivity index (χ4n) is 3.61. The molecule has 0 aliphatic carbocycles. The highest BCUT2D eigenvalue weighted by Crippen LogP contribution is 2.43. The lowest BCUT2D eigenvalue weighted by Gasteiger charge is -2.23. The third kappa shape index (κ3) is 4.13. The molecule has 1 N–H and O–H groups in total. The van der Waals surface area contributed by atoms with Gasteiger partial charge in [0, 0.05) is 5.75 Å². The van der Waals surface area contributed by atoms with Crippen molar-refractivity contribution in [1.82, 2.24) is 10.2 Å². The van der Waals surface area contributed by atoms with Crippen molar-refractivity contribution >= 4 is 39.9 Å². The lowest BCUT2D eigenvalue weighted by Crippen LogP contribution is -2.31. The summed E-state index contributed by atoms with van der Waals surface area (Å²) >= 11 is 2.56. The van der Waals surface area contributed by atoms with Crippen LogP contribution in [0.2, 0.25) is 0 Å². The maximum absolute atomic E-state index is 13.2. The summed E-state index contributed by atoms with van der Waals surface area (Å²) in [7, 11) is 0. The number of benzene rings is 2. The Labute approximate surface area is 201 Å². The first-order valence-corrected chi connectivity index (χ1v) is 11.9. The number of hydrogen-bond donors (Lipinski definition) is 1. The van der Waals surface area contributed by atoms with Crippen LogP contribution in [-0.4, -0.2) is 27.0 Å². The van der Waals surface area contributed by atoms with E-state index in [9.17, 15) is 19.1 Å². The van der Waals surface area contributed by atoms with Crippen LogP contribution >= 0.6 is 23.1 Å². The van der Waals surface area contributed by atoms with Crippen molar-refractivity contribution in [2.75, 3.05) is 4.90 Å². The molecule has 0 spiro atoms. The SMILES string of the molecule is O=C(C1=C(O)C(=O)N(c2nnc(SCc3ccc(F)cc3)s2)[C@H]1c1ccccc1)c1ccco1. The maximum Gasteiger partial charge on any atom is 0.296 e. The highest BCUT2D eigenvalue weighted by Gasteiger charge is 2.46. The Morgan fingerprint density at radius 2 is 1.85 bits per heavy atom. The van der Waals surface area contributed by atoms with Gasteiger partial charge in [-0.3, -0.25) is 14.5 Å². The molecule has 4 aromatic rings. The molecule has 1 aliphatic rings. The van der Waals surface area contributed by atoms with E-state index in [0.29, 0.717) is 15.7 Å². The minimum absolute atomic E-state index is 0.0185. The van der Waals surface area contributed by atoms with Crippen molar-refractivity contribution in [3.63, 3.8) is 0 Å². The second-order valence-electron chi connectivity index (χ2n) is 7.32. The summed E-state index contributed by atoms with van der Waals surface area (Å²) in [6.45, 7) is 0. The van der Waals surface area contributed by atoms with Crippen molar-refractivity contribution in [1.29, 1.82) is 0 Å². The zero-order valence-electron chi connectivity index (χ0n) is 17.4. The van der Waals surface area contributed by atoms with Crippen LogP contribution in [-0.2, 0) is 10.5 Å². The maximum atomic E-state index is 13.2. The monoisotopic (exact) mass is 493 g/mol. The molecule has 1 atom stereocenters. The number of aliphatic hydroxyl groups excluding tert-OH is 1. The quantitative estimate of drug-likeness (QED) is 0.211. The molecule has 0 fully saturated rings. The Balaban J connectivity index is 1.46. The molecule has 34 heavy (non-hydrogen) atoms. The molecule has 1 amide bonds. The van der Waals surface area contributed by atoms with Gasteiger partial charge in [0.2, 0.25) is 10.9 Å². The van der Waals surface area contributed by atoms with Gasteiger partial charge in [-0.2, -0.15) is 0 Å². The van der Waals surface area contributed by atoms with E-state index >= 15 is 0 Å². The van der Waals surface area contributed by atoms with Crippen molar-refractivity contribution in [3.05, 3.63) is 107 Å². The van der Waals surface area contributed by atoms with Crippen LogP contribution in [0.5, 0.6) is 0 Å². The van der Waals surface area contributed by atoms with E-state index in [4.69, 9.17) is 4.42 Å². The van der Waals surface area contributed by atoms with Gasteiger partial charge in [0.1, 0.15) is 5.82 Å². The second-order valence-corrected chi connectivity index (χ2v) is 9.50. The van der Waals surface area contributed by atoms with Crippen LogP contribution in [0.15, 0.2) is 93.1 Å². The number of carbonyl (C=O) groups is 2. The highest BCUT2D eigenvalue weighted by molar-refractivity contribution is 8.00. The number of furan rings is 1. The fourth-order valence-corrected chi connectivity index (χ4v) is 5.43. The molecular weight excluding hydrogens is 477 g/mol. The van der Waals surface area contributed by atoms with Crippen LogP contribution in [0.25, 0.3) is 0 Å². The van der Waals surface area contributed by atoms with Gasteiger partial charge < -0.3 is 9.52 Å². The summed E-state index contributed by atoms with van der Waals surface area (Å²) in [6.07, 6.45) is 1.35. The first kappa shape index (κ1) is 22.1. The third-order valence-electron chi connectivity index (χ3n) is 5.19. The van der Waals surface area contributed by atoms with Crippen molar-refractivity contribution in [2.24, 2.45) is 0 Å². The Bertz CT molecular complexity index is 1370. The molecule has 0 bridgehead atoms. The largest absolute Gasteiger partial charge is 0.503 e. The molecule has 3 heterocycles. The first-order valence-electron chi connectivity index (χ1n) is 10.1. The van der Waals surface area contributed by atoms with Crippen molar-refractivity contribution < 1.29 is 23.5 Å². The van der Waals surface area contributed by atoms with Gasteiger partial charge in [-0.25, -0.2) is 4.39 Å². The normalized spacial score (nSPS) is 15.9. The number of hydrogen-bond acceptors (Lipinski definition) is 8. The number of anilines is 1. The summed E-state index contributed by atoms with van der Waals surface area (Å²) in [6, 6.07) is 17.2. The summed E-state index contributed by atoms with van der Waals surface area (Å²) in [4.78, 5) is 27.6. The molecule has 10 heteroatoms. The summed E-state index contributed by atoms with van der Waals surface area (Å²) in [5, 5.41) is 19.3. The number of Topliss-reactive ketones (excluding diaryl/α,β-unsaturated/α-hetero) is 1. The number of aliphatic hydroxyl groups is 1.